The Bertz CT molecular complexity index is 935. The van der Waals surface area contributed by atoms with Crippen molar-refractivity contribution in [3.05, 3.63) is 0 Å². The lowest BCUT2D eigenvalue weighted by Crippen LogP contribution is -2.60. The summed E-state index contributed by atoms with van der Waals surface area (Å²) in [6.07, 6.45) is 13.3. The second-order valence-corrected chi connectivity index (χ2v) is 20.0. The van der Waals surface area contributed by atoms with E-state index < -0.39 is 17.6 Å². The normalized spacial score (nSPS) is 17.3. The van der Waals surface area contributed by atoms with Gasteiger partial charge in [0.1, 0.15) is 0 Å². The molecule has 2 fully saturated rings. The smallest absolute Gasteiger partial charge is 0.373 e. The van der Waals surface area contributed by atoms with E-state index in [9.17, 15) is 9.59 Å². The van der Waals surface area contributed by atoms with Crippen LogP contribution < -0.4 is 10.6 Å². The molecule has 4 amide bonds. The molecule has 14 heteroatoms. The van der Waals surface area contributed by atoms with Crippen molar-refractivity contribution in [1.29, 1.82) is 0 Å². The van der Waals surface area contributed by atoms with Gasteiger partial charge < -0.3 is 47.0 Å². The Morgan fingerprint density at radius 1 is 0.627 bits per heavy atom. The van der Waals surface area contributed by atoms with Gasteiger partial charge in [-0.1, -0.05) is 59.3 Å². The molecule has 0 heterocycles. The molecule has 0 aliphatic heterocycles. The Morgan fingerprint density at radius 3 is 1.33 bits per heavy atom. The van der Waals surface area contributed by atoms with Crippen molar-refractivity contribution in [2.75, 3.05) is 65.1 Å². The van der Waals surface area contributed by atoms with E-state index in [1.165, 1.54) is 12.8 Å². The van der Waals surface area contributed by atoms with Gasteiger partial charge >= 0.3 is 29.7 Å². The van der Waals surface area contributed by atoms with Gasteiger partial charge in [0.2, 0.25) is 0 Å². The van der Waals surface area contributed by atoms with Crippen LogP contribution in [0.2, 0.25) is 0 Å². The SMILES string of the molecule is CCO[Si](CN(C(=O)NCCC(C)(C)CC(C)CNC(=O)N(C[Si](OCC)(OCC)OCC)C1CCCCC1)C1CCCCC1)(OCC)OCC. The molecule has 1 atom stereocenters. The van der Waals surface area contributed by atoms with E-state index in [0.29, 0.717) is 65.1 Å². The van der Waals surface area contributed by atoms with Crippen molar-refractivity contribution in [1.82, 2.24) is 20.4 Å². The van der Waals surface area contributed by atoms with Crippen LogP contribution in [0.4, 0.5) is 9.59 Å². The minimum Gasteiger partial charge on any atom is -0.373 e. The van der Waals surface area contributed by atoms with Gasteiger partial charge in [0, 0.05) is 64.8 Å². The van der Waals surface area contributed by atoms with Crippen molar-refractivity contribution in [3.8, 4) is 0 Å². The number of hydrogen-bond donors (Lipinski definition) is 2. The fraction of sp³-hybridized carbons (Fsp3) is 0.946. The summed E-state index contributed by atoms with van der Waals surface area (Å²) in [5, 5.41) is 6.51. The largest absolute Gasteiger partial charge is 0.521 e. The average Bonchev–Trinajstić information content (AvgIpc) is 3.10. The number of hydrogen-bond acceptors (Lipinski definition) is 8. The van der Waals surface area contributed by atoms with Crippen LogP contribution in [0.1, 0.15) is 139 Å². The molecule has 0 aromatic rings. The number of carbonyl (C=O) groups is 2. The van der Waals surface area contributed by atoms with Crippen molar-refractivity contribution in [2.24, 2.45) is 11.3 Å². The van der Waals surface area contributed by atoms with Gasteiger partial charge in [-0.3, -0.25) is 0 Å². The van der Waals surface area contributed by atoms with Gasteiger partial charge in [0.25, 0.3) is 0 Å². The predicted molar refractivity (Wildman–Crippen MR) is 207 cm³/mol. The molecule has 300 valence electrons. The zero-order chi connectivity index (χ0) is 37.8. The van der Waals surface area contributed by atoms with E-state index in [2.05, 4.69) is 31.4 Å². The molecule has 12 nitrogen and oxygen atoms in total. The van der Waals surface area contributed by atoms with Gasteiger partial charge in [0.05, 0.1) is 12.3 Å². The Kier molecular flexibility index (Phi) is 21.8. The molecule has 2 aliphatic carbocycles. The predicted octanol–water partition coefficient (Wildman–Crippen LogP) is 7.29. The Hall–Kier alpha value is -1.27. The third kappa shape index (κ3) is 15.9. The van der Waals surface area contributed by atoms with Crippen molar-refractivity contribution >= 4 is 29.7 Å². The van der Waals surface area contributed by atoms with Gasteiger partial charge in [-0.2, -0.15) is 0 Å². The minimum absolute atomic E-state index is 0.0441. The summed E-state index contributed by atoms with van der Waals surface area (Å²) in [6, 6.07) is 0.171. The van der Waals surface area contributed by atoms with Crippen LogP contribution >= 0.6 is 0 Å². The van der Waals surface area contributed by atoms with E-state index in [4.69, 9.17) is 26.6 Å². The third-order valence-electron chi connectivity index (χ3n) is 10.0. The zero-order valence-corrected chi connectivity index (χ0v) is 35.9. The van der Waals surface area contributed by atoms with Gasteiger partial charge in [-0.25, -0.2) is 9.59 Å². The second-order valence-electron chi connectivity index (χ2n) is 14.9. The first kappa shape index (κ1) is 45.9. The zero-order valence-electron chi connectivity index (χ0n) is 33.9. The highest BCUT2D eigenvalue weighted by Gasteiger charge is 2.47. The van der Waals surface area contributed by atoms with Crippen molar-refractivity contribution in [3.63, 3.8) is 0 Å². The summed E-state index contributed by atoms with van der Waals surface area (Å²) < 4.78 is 36.9. The van der Waals surface area contributed by atoms with Crippen LogP contribution in [-0.4, -0.2) is 117 Å². The highest BCUT2D eigenvalue weighted by molar-refractivity contribution is 6.61. The minimum atomic E-state index is -3.06. The van der Waals surface area contributed by atoms with E-state index in [-0.39, 0.29) is 35.5 Å². The summed E-state index contributed by atoms with van der Waals surface area (Å²) in [6.45, 7) is 22.4. The lowest BCUT2D eigenvalue weighted by atomic mass is 9.80. The molecule has 0 aromatic heterocycles. The standard InChI is InChI=1S/C37H76N4O8Si2/c1-10-44-50(45-11-2,46-12-3)30-40(33-22-18-16-19-23-33)35(42)38-27-26-37(8,9)28-32(7)29-39-36(43)41(34-24-20-17-21-25-34)31-51(47-13-4,48-14-5)49-15-6/h32-34H,10-31H2,1-9H3,(H,38,42)(H,39,43). The lowest BCUT2D eigenvalue weighted by molar-refractivity contribution is 0.0521. The third-order valence-corrected chi connectivity index (χ3v) is 15.9. The van der Waals surface area contributed by atoms with Crippen LogP contribution in [0.3, 0.4) is 0 Å². The highest BCUT2D eigenvalue weighted by Crippen LogP contribution is 2.30. The molecule has 0 saturated heterocycles. The molecule has 2 saturated carbocycles. The summed E-state index contributed by atoms with van der Waals surface area (Å²) in [4.78, 5) is 31.6. The average molecular weight is 761 g/mol. The number of rotatable bonds is 25. The number of nitrogens with zero attached hydrogens (tertiary/aromatic N) is 2. The van der Waals surface area contributed by atoms with Crippen LogP contribution in [0.5, 0.6) is 0 Å². The molecular formula is C37H76N4O8Si2. The molecule has 2 N–H and O–H groups in total. The maximum Gasteiger partial charge on any atom is 0.521 e. The summed E-state index contributed by atoms with van der Waals surface area (Å²) >= 11 is 0. The molecular weight excluding hydrogens is 685 g/mol. The summed E-state index contributed by atoms with van der Waals surface area (Å²) in [7, 11) is -6.12. The van der Waals surface area contributed by atoms with Crippen molar-refractivity contribution < 1.29 is 36.1 Å². The Labute approximate surface area is 313 Å². The maximum atomic E-state index is 13.9. The second kappa shape index (κ2) is 24.2. The van der Waals surface area contributed by atoms with Gasteiger partial charge in [-0.05, 0) is 91.4 Å². The number of carbonyl (C=O) groups excluding carboxylic acids is 2. The topological polar surface area (TPSA) is 120 Å². The molecule has 0 bridgehead atoms. The number of urea groups is 2. The summed E-state index contributed by atoms with van der Waals surface area (Å²) in [5.74, 6) is 0.245. The first-order chi connectivity index (χ1) is 24.4. The molecule has 51 heavy (non-hydrogen) atoms. The van der Waals surface area contributed by atoms with Crippen molar-refractivity contribution in [2.45, 2.75) is 151 Å². The Morgan fingerprint density at radius 2 is 0.980 bits per heavy atom. The van der Waals surface area contributed by atoms with E-state index in [1.807, 2.05) is 51.3 Å². The fourth-order valence-electron chi connectivity index (χ4n) is 7.87. The molecule has 0 aromatic carbocycles. The molecule has 0 spiro atoms. The van der Waals surface area contributed by atoms with Gasteiger partial charge in [-0.15, -0.1) is 0 Å². The lowest BCUT2D eigenvalue weighted by Gasteiger charge is -2.39. The molecule has 1 unspecified atom stereocenters. The molecule has 2 aliphatic rings. The monoisotopic (exact) mass is 761 g/mol. The van der Waals surface area contributed by atoms with E-state index in [1.54, 1.807) is 0 Å². The highest BCUT2D eigenvalue weighted by atomic mass is 28.4. The quantitative estimate of drug-likeness (QED) is 0.0932. The summed E-state index contributed by atoms with van der Waals surface area (Å²) in [5.41, 5.74) is -0.0441. The van der Waals surface area contributed by atoms with Crippen LogP contribution in [0.25, 0.3) is 0 Å². The first-order valence-corrected chi connectivity index (χ1v) is 24.2. The van der Waals surface area contributed by atoms with E-state index in [0.717, 1.165) is 64.2 Å². The Balaban J connectivity index is 2.03. The van der Waals surface area contributed by atoms with Gasteiger partial charge in [0.15, 0.2) is 0 Å². The number of nitrogens with one attached hydrogen (secondary N) is 2. The van der Waals surface area contributed by atoms with Crippen LogP contribution in [-0.2, 0) is 26.6 Å². The van der Waals surface area contributed by atoms with E-state index >= 15 is 0 Å². The van der Waals surface area contributed by atoms with Crippen LogP contribution in [0, 0.1) is 11.3 Å². The molecule has 2 rings (SSSR count). The fourth-order valence-corrected chi connectivity index (χ4v) is 13.2. The number of amides is 4. The maximum absolute atomic E-state index is 13.9. The molecule has 0 radical (unpaired) electrons. The van der Waals surface area contributed by atoms with Crippen LogP contribution in [0.15, 0.2) is 0 Å². The first-order valence-electron chi connectivity index (χ1n) is 20.4.